The van der Waals surface area contributed by atoms with Gasteiger partial charge in [-0.05, 0) is 88.1 Å². The minimum atomic E-state index is -1.26. The Morgan fingerprint density at radius 3 is 2.48 bits per heavy atom. The number of benzene rings is 2. The van der Waals surface area contributed by atoms with Crippen LogP contribution in [0.25, 0.3) is 22.2 Å². The number of carbonyl (C=O) groups excluding carboxylic acids is 1. The van der Waals surface area contributed by atoms with E-state index in [0.29, 0.717) is 67.8 Å². The lowest BCUT2D eigenvalue weighted by Crippen LogP contribution is -2.30. The molecule has 1 saturated carbocycles. The summed E-state index contributed by atoms with van der Waals surface area (Å²) in [7, 11) is 1.45. The molecule has 1 unspecified atom stereocenters. The number of hydrogen-bond donors (Lipinski definition) is 2. The van der Waals surface area contributed by atoms with Crippen LogP contribution >= 0.6 is 11.6 Å². The number of nitrogens with zero attached hydrogens (tertiary/aromatic N) is 2. The van der Waals surface area contributed by atoms with Crippen molar-refractivity contribution in [2.75, 3.05) is 13.7 Å². The zero-order chi connectivity index (χ0) is 28.8. The molecule has 2 aromatic heterocycles. The van der Waals surface area contributed by atoms with E-state index in [4.69, 9.17) is 21.3 Å². The Morgan fingerprint density at radius 2 is 1.85 bits per heavy atom. The van der Waals surface area contributed by atoms with E-state index in [2.05, 4.69) is 10.3 Å². The maximum atomic E-state index is 14.1. The third-order valence-electron chi connectivity index (χ3n) is 7.30. The summed E-state index contributed by atoms with van der Waals surface area (Å²) in [5, 5.41) is 14.8. The summed E-state index contributed by atoms with van der Waals surface area (Å²) >= 11 is 6.72. The van der Waals surface area contributed by atoms with Gasteiger partial charge in [0.1, 0.15) is 17.1 Å². The van der Waals surface area contributed by atoms with Crippen molar-refractivity contribution in [3.63, 3.8) is 0 Å². The number of aryl methyl sites for hydroxylation is 1. The highest BCUT2D eigenvalue weighted by molar-refractivity contribution is 6.34. The second-order valence-electron chi connectivity index (χ2n) is 10.8. The van der Waals surface area contributed by atoms with Crippen LogP contribution in [0, 0.1) is 24.6 Å². The Bertz CT molecular complexity index is 1600. The number of carbonyl (C=O) groups is 1. The number of fused-ring (bicyclic) bond motifs is 1. The summed E-state index contributed by atoms with van der Waals surface area (Å²) in [5.74, 6) is -0.816. The number of methoxy groups -OCH3 is 1. The van der Waals surface area contributed by atoms with Gasteiger partial charge in [-0.25, -0.2) is 9.37 Å². The Morgan fingerprint density at radius 1 is 1.15 bits per heavy atom. The molecular formula is C31H30ClF2N3O3. The maximum Gasteiger partial charge on any atom is 0.251 e. The van der Waals surface area contributed by atoms with Gasteiger partial charge in [0.25, 0.3) is 5.91 Å². The largest absolute Gasteiger partial charge is 0.494 e. The number of hydrogen-bond acceptors (Lipinski definition) is 5. The van der Waals surface area contributed by atoms with E-state index < -0.39 is 11.5 Å². The topological polar surface area (TPSA) is 84.3 Å². The standard InChI is InChI=1S/C31H30ClF2N3O3/c1-16-11-19-12-20(13-25(40-4)27(19)37-29(16)34)30(38)35-15-22(17-5-6-17)24-14-23(31(2,3)39)26(32)28(36-24)18-7-9-21(33)10-8-18/h7-14,17,22,39H,5-6,15H2,1-4H3,(H,35,38). The first kappa shape index (κ1) is 27.9. The molecule has 0 aliphatic heterocycles. The Kier molecular flexibility index (Phi) is 7.50. The molecule has 9 heteroatoms. The van der Waals surface area contributed by atoms with E-state index >= 15 is 0 Å². The highest BCUT2D eigenvalue weighted by Gasteiger charge is 2.35. The molecule has 2 N–H and O–H groups in total. The van der Waals surface area contributed by atoms with Crippen molar-refractivity contribution >= 4 is 28.4 Å². The first-order chi connectivity index (χ1) is 19.0. The summed E-state index contributed by atoms with van der Waals surface area (Å²) in [6.07, 6.45) is 1.96. The molecule has 0 bridgehead atoms. The molecule has 5 rings (SSSR count). The smallest absolute Gasteiger partial charge is 0.251 e. The first-order valence-electron chi connectivity index (χ1n) is 13.1. The summed E-state index contributed by atoms with van der Waals surface area (Å²) < 4.78 is 33.1. The van der Waals surface area contributed by atoms with Crippen molar-refractivity contribution in [1.29, 1.82) is 0 Å². The Hall–Kier alpha value is -3.62. The van der Waals surface area contributed by atoms with Crippen molar-refractivity contribution in [1.82, 2.24) is 15.3 Å². The second-order valence-corrected chi connectivity index (χ2v) is 11.2. The van der Waals surface area contributed by atoms with Crippen molar-refractivity contribution in [3.8, 4) is 17.0 Å². The fourth-order valence-corrected chi connectivity index (χ4v) is 5.36. The number of ether oxygens (including phenoxy) is 1. The molecule has 6 nitrogen and oxygen atoms in total. The molecular weight excluding hydrogens is 536 g/mol. The molecule has 0 saturated heterocycles. The van der Waals surface area contributed by atoms with Crippen molar-refractivity contribution < 1.29 is 23.4 Å². The van der Waals surface area contributed by atoms with Gasteiger partial charge in [-0.3, -0.25) is 9.78 Å². The monoisotopic (exact) mass is 565 g/mol. The molecule has 1 fully saturated rings. The van der Waals surface area contributed by atoms with Crippen LogP contribution < -0.4 is 10.1 Å². The molecule has 2 heterocycles. The number of amides is 1. The highest BCUT2D eigenvalue weighted by atomic mass is 35.5. The van der Waals surface area contributed by atoms with Crippen LogP contribution in [0.15, 0.2) is 48.5 Å². The summed E-state index contributed by atoms with van der Waals surface area (Å²) in [6, 6.07) is 12.5. The fraction of sp³-hybridized carbons (Fsp3) is 0.323. The highest BCUT2D eigenvalue weighted by Crippen LogP contribution is 2.44. The van der Waals surface area contributed by atoms with Crippen LogP contribution in [-0.4, -0.2) is 34.6 Å². The van der Waals surface area contributed by atoms with E-state index in [0.717, 1.165) is 12.8 Å². The van der Waals surface area contributed by atoms with Crippen LogP contribution in [-0.2, 0) is 5.60 Å². The van der Waals surface area contributed by atoms with Crippen molar-refractivity contribution in [2.24, 2.45) is 5.92 Å². The number of halogens is 3. The molecule has 0 spiro atoms. The van der Waals surface area contributed by atoms with E-state index in [9.17, 15) is 18.7 Å². The van der Waals surface area contributed by atoms with Gasteiger partial charge in [0, 0.05) is 45.8 Å². The van der Waals surface area contributed by atoms with Gasteiger partial charge >= 0.3 is 0 Å². The van der Waals surface area contributed by atoms with Crippen LogP contribution in [0.2, 0.25) is 5.02 Å². The number of aromatic nitrogens is 2. The lowest BCUT2D eigenvalue weighted by molar-refractivity contribution is 0.0784. The summed E-state index contributed by atoms with van der Waals surface area (Å²) in [5.41, 5.74) is 2.09. The van der Waals surface area contributed by atoms with Gasteiger partial charge < -0.3 is 15.2 Å². The predicted molar refractivity (Wildman–Crippen MR) is 151 cm³/mol. The lowest BCUT2D eigenvalue weighted by atomic mass is 9.91. The fourth-order valence-electron chi connectivity index (χ4n) is 4.92. The van der Waals surface area contributed by atoms with E-state index in [1.54, 1.807) is 57.2 Å². The molecule has 2 aromatic carbocycles. The lowest BCUT2D eigenvalue weighted by Gasteiger charge is -2.25. The van der Waals surface area contributed by atoms with Gasteiger partial charge in [0.2, 0.25) is 5.95 Å². The summed E-state index contributed by atoms with van der Waals surface area (Å²) in [6.45, 7) is 5.21. The Labute approximate surface area is 236 Å². The maximum absolute atomic E-state index is 14.1. The van der Waals surface area contributed by atoms with Gasteiger partial charge in [-0.2, -0.15) is 4.39 Å². The van der Waals surface area contributed by atoms with Gasteiger partial charge in [-0.15, -0.1) is 0 Å². The molecule has 1 amide bonds. The average molecular weight is 566 g/mol. The predicted octanol–water partition coefficient (Wildman–Crippen LogP) is 6.70. The zero-order valence-corrected chi connectivity index (χ0v) is 23.4. The minimum Gasteiger partial charge on any atom is -0.494 e. The van der Waals surface area contributed by atoms with E-state index in [-0.39, 0.29) is 17.6 Å². The molecule has 4 aromatic rings. The third-order valence-corrected chi connectivity index (χ3v) is 7.68. The van der Waals surface area contributed by atoms with Crippen LogP contribution in [0.4, 0.5) is 8.78 Å². The van der Waals surface area contributed by atoms with Gasteiger partial charge in [0.05, 0.1) is 23.4 Å². The minimum absolute atomic E-state index is 0.137. The van der Waals surface area contributed by atoms with Crippen molar-refractivity contribution in [2.45, 2.75) is 45.1 Å². The third kappa shape index (κ3) is 5.64. The number of nitrogens with one attached hydrogen (secondary N) is 1. The van der Waals surface area contributed by atoms with Gasteiger partial charge in [0.15, 0.2) is 0 Å². The van der Waals surface area contributed by atoms with E-state index in [1.165, 1.54) is 19.2 Å². The second kappa shape index (κ2) is 10.7. The quantitative estimate of drug-likeness (QED) is 0.232. The normalized spacial score (nSPS) is 14.3. The number of pyridine rings is 2. The molecule has 208 valence electrons. The summed E-state index contributed by atoms with van der Waals surface area (Å²) in [4.78, 5) is 22.2. The van der Waals surface area contributed by atoms with Gasteiger partial charge in [-0.1, -0.05) is 11.6 Å². The molecule has 0 radical (unpaired) electrons. The number of aliphatic hydroxyl groups is 1. The van der Waals surface area contributed by atoms with Crippen LogP contribution in [0.3, 0.4) is 0 Å². The van der Waals surface area contributed by atoms with E-state index in [1.807, 2.05) is 0 Å². The van der Waals surface area contributed by atoms with Crippen LogP contribution in [0.1, 0.15) is 59.8 Å². The molecule has 40 heavy (non-hydrogen) atoms. The first-order valence-corrected chi connectivity index (χ1v) is 13.5. The van der Waals surface area contributed by atoms with Crippen LogP contribution in [0.5, 0.6) is 5.75 Å². The van der Waals surface area contributed by atoms with Crippen molar-refractivity contribution in [3.05, 3.63) is 87.7 Å². The molecule has 1 aliphatic rings. The molecule has 1 aliphatic carbocycles. The SMILES string of the molecule is COc1cc(C(=O)NCC(c2cc(C(C)(C)O)c(Cl)c(-c3ccc(F)cc3)n2)C2CC2)cc2cc(C)c(F)nc12. The molecule has 1 atom stereocenters. The zero-order valence-electron chi connectivity index (χ0n) is 22.7. The number of rotatable bonds is 8. The Balaban J connectivity index is 1.48. The average Bonchev–Trinajstić information content (AvgIpc) is 3.75.